The maximum Gasteiger partial charge on any atom is 0.328 e. The molecule has 164 valence electrons. The quantitative estimate of drug-likeness (QED) is 0.263. The lowest BCUT2D eigenvalue weighted by Crippen LogP contribution is -2.39. The van der Waals surface area contributed by atoms with Crippen molar-refractivity contribution in [3.63, 3.8) is 0 Å². The lowest BCUT2D eigenvalue weighted by Gasteiger charge is -2.06. The first kappa shape index (κ1) is 28.8. The van der Waals surface area contributed by atoms with Crippen LogP contribution in [0.3, 0.4) is 0 Å². The Labute approximate surface area is 172 Å². The molecular formula is C18H22N2O9S. The van der Waals surface area contributed by atoms with Gasteiger partial charge in [0.1, 0.15) is 11.4 Å². The first-order chi connectivity index (χ1) is 13.4. The number of carboxylic acid groups (broad SMARTS) is 2. The largest absolute Gasteiger partial charge is 0.759 e. The Morgan fingerprint density at radius 1 is 0.733 bits per heavy atom. The summed E-state index contributed by atoms with van der Waals surface area (Å²) in [4.78, 5) is 20.3. The molecule has 10 N–H and O–H groups in total. The van der Waals surface area contributed by atoms with Gasteiger partial charge in [0.15, 0.2) is 0 Å². The molecule has 0 spiro atoms. The van der Waals surface area contributed by atoms with Gasteiger partial charge in [-0.05, 0) is 71.8 Å². The van der Waals surface area contributed by atoms with Crippen LogP contribution >= 0.6 is 0 Å². The van der Waals surface area contributed by atoms with E-state index in [-0.39, 0.29) is 5.48 Å². The summed E-state index contributed by atoms with van der Waals surface area (Å²) in [6, 6.07) is 14.6. The van der Waals surface area contributed by atoms with E-state index < -0.39 is 22.3 Å². The summed E-state index contributed by atoms with van der Waals surface area (Å²) < 4.78 is 34.1. The standard InChI is InChI=1S/2C9H9NO2.H2O4S.H2O/c2*10-8-4-1-7(2-5-8)3-6-9(11)12;1-5(2,3)4;/h2*1-6H,10H2,(H,11,12);(H2,1,2,3,4);1H2/b2*6-3+;;. The third-order valence-corrected chi connectivity index (χ3v) is 2.80. The first-order valence-corrected chi connectivity index (χ1v) is 9.03. The number of carboxylic acids is 2. The molecule has 11 nitrogen and oxygen atoms in total. The fraction of sp³-hybridized carbons (Fsp3) is 0. The Kier molecular flexibility index (Phi) is 14.0. The molecular weight excluding hydrogens is 420 g/mol. The van der Waals surface area contributed by atoms with Crippen LogP contribution in [0.1, 0.15) is 11.1 Å². The summed E-state index contributed by atoms with van der Waals surface area (Å²) in [5, 5.41) is 16.7. The SMILES string of the molecule is O.O=S(=O)([O-])[O-].[NH3+]c1ccc(/C=C/C(=O)O)cc1.[NH3+]c1ccc(/C=C/C(=O)O)cc1. The predicted molar refractivity (Wildman–Crippen MR) is 105 cm³/mol. The fourth-order valence-electron chi connectivity index (χ4n) is 1.59. The minimum Gasteiger partial charge on any atom is -0.759 e. The number of benzene rings is 2. The molecule has 2 aromatic rings. The van der Waals surface area contributed by atoms with Gasteiger partial charge in [-0.1, -0.05) is 0 Å². The molecule has 0 aliphatic heterocycles. The van der Waals surface area contributed by atoms with Gasteiger partial charge in [0.05, 0.1) is 0 Å². The molecule has 0 aliphatic rings. The monoisotopic (exact) mass is 442 g/mol. The molecule has 0 radical (unpaired) electrons. The van der Waals surface area contributed by atoms with Crippen molar-refractivity contribution in [1.82, 2.24) is 0 Å². The molecule has 2 aromatic carbocycles. The number of rotatable bonds is 4. The zero-order valence-electron chi connectivity index (χ0n) is 15.6. The van der Waals surface area contributed by atoms with Crippen LogP contribution in [0.2, 0.25) is 0 Å². The summed E-state index contributed by atoms with van der Waals surface area (Å²) in [5.74, 6) is -1.87. The van der Waals surface area contributed by atoms with Gasteiger partial charge in [0.25, 0.3) is 0 Å². The van der Waals surface area contributed by atoms with Gasteiger partial charge in [-0.15, -0.1) is 0 Å². The van der Waals surface area contributed by atoms with Crippen molar-refractivity contribution in [3.8, 4) is 0 Å². The van der Waals surface area contributed by atoms with Gasteiger partial charge in [0.2, 0.25) is 0 Å². The van der Waals surface area contributed by atoms with E-state index in [1.54, 1.807) is 12.2 Å². The highest BCUT2D eigenvalue weighted by molar-refractivity contribution is 7.79. The maximum absolute atomic E-state index is 10.1. The second-order valence-electron chi connectivity index (χ2n) is 5.23. The number of carbonyl (C=O) groups is 2. The molecule has 12 heteroatoms. The van der Waals surface area contributed by atoms with Crippen LogP contribution in [0, 0.1) is 0 Å². The smallest absolute Gasteiger partial charge is 0.328 e. The second-order valence-corrected chi connectivity index (χ2v) is 6.05. The molecule has 0 aliphatic carbocycles. The fourth-order valence-corrected chi connectivity index (χ4v) is 1.59. The number of hydrogen-bond donors (Lipinski definition) is 4. The van der Waals surface area contributed by atoms with Crippen LogP contribution in [-0.4, -0.2) is 45.2 Å². The predicted octanol–water partition coefficient (Wildman–Crippen LogP) is -0.847. The van der Waals surface area contributed by atoms with Crippen molar-refractivity contribution in [1.29, 1.82) is 0 Å². The summed E-state index contributed by atoms with van der Waals surface area (Å²) in [6.45, 7) is 0. The molecule has 0 atom stereocenters. The summed E-state index contributed by atoms with van der Waals surface area (Å²) >= 11 is 0. The van der Waals surface area contributed by atoms with Crippen molar-refractivity contribution in [3.05, 3.63) is 71.8 Å². The minimum absolute atomic E-state index is 0. The maximum atomic E-state index is 10.1. The van der Waals surface area contributed by atoms with Crippen LogP contribution in [0.5, 0.6) is 0 Å². The molecule has 0 unspecified atom stereocenters. The minimum atomic E-state index is -5.17. The number of aliphatic carboxylic acids is 2. The average molecular weight is 442 g/mol. The van der Waals surface area contributed by atoms with Gasteiger partial charge >= 0.3 is 11.9 Å². The van der Waals surface area contributed by atoms with E-state index in [9.17, 15) is 9.59 Å². The van der Waals surface area contributed by atoms with Crippen molar-refractivity contribution >= 4 is 45.9 Å². The van der Waals surface area contributed by atoms with Gasteiger partial charge in [-0.2, -0.15) is 0 Å². The normalized spacial score (nSPS) is 10.3. The average Bonchev–Trinajstić information content (AvgIpc) is 2.60. The highest BCUT2D eigenvalue weighted by Crippen LogP contribution is 2.06. The van der Waals surface area contributed by atoms with Crippen molar-refractivity contribution < 1.29 is 54.3 Å². The molecule has 0 fully saturated rings. The van der Waals surface area contributed by atoms with Crippen LogP contribution in [0.4, 0.5) is 11.4 Å². The highest BCUT2D eigenvalue weighted by Gasteiger charge is 1.91. The van der Waals surface area contributed by atoms with E-state index >= 15 is 0 Å². The molecule has 0 heterocycles. The lowest BCUT2D eigenvalue weighted by atomic mass is 10.2. The Morgan fingerprint density at radius 3 is 1.17 bits per heavy atom. The van der Waals surface area contributed by atoms with E-state index in [1.807, 2.05) is 48.5 Å². The van der Waals surface area contributed by atoms with Gasteiger partial charge in [-0.3, -0.25) is 8.42 Å². The van der Waals surface area contributed by atoms with Crippen LogP contribution < -0.4 is 11.5 Å². The van der Waals surface area contributed by atoms with Crippen molar-refractivity contribution in [2.75, 3.05) is 0 Å². The Hall–Kier alpha value is -3.39. The Bertz CT molecular complexity index is 879. The first-order valence-electron chi connectivity index (χ1n) is 7.69. The van der Waals surface area contributed by atoms with Gasteiger partial charge in [0, 0.05) is 22.6 Å². The molecule has 2 rings (SSSR count). The summed E-state index contributed by atoms with van der Waals surface area (Å²) in [7, 11) is -5.17. The van der Waals surface area contributed by atoms with Crippen molar-refractivity contribution in [2.45, 2.75) is 0 Å². The zero-order valence-corrected chi connectivity index (χ0v) is 16.4. The van der Waals surface area contributed by atoms with Crippen LogP contribution in [0.15, 0.2) is 60.7 Å². The van der Waals surface area contributed by atoms with E-state index in [1.165, 1.54) is 0 Å². The van der Waals surface area contributed by atoms with Crippen LogP contribution in [-0.2, 0) is 20.0 Å². The summed E-state index contributed by atoms with van der Waals surface area (Å²) in [6.07, 6.45) is 5.31. The lowest BCUT2D eigenvalue weighted by molar-refractivity contribution is -0.255. The Balaban J connectivity index is 0. The molecule has 0 saturated carbocycles. The van der Waals surface area contributed by atoms with E-state index in [0.29, 0.717) is 0 Å². The third-order valence-electron chi connectivity index (χ3n) is 2.80. The molecule has 0 amide bonds. The third kappa shape index (κ3) is 19.4. The van der Waals surface area contributed by atoms with E-state index in [2.05, 4.69) is 11.5 Å². The molecule has 0 bridgehead atoms. The van der Waals surface area contributed by atoms with Gasteiger partial charge < -0.3 is 36.3 Å². The van der Waals surface area contributed by atoms with Crippen LogP contribution in [0.25, 0.3) is 12.2 Å². The summed E-state index contributed by atoms with van der Waals surface area (Å²) in [5.41, 5.74) is 11.0. The van der Waals surface area contributed by atoms with E-state index in [0.717, 1.165) is 34.7 Å². The molecule has 30 heavy (non-hydrogen) atoms. The second kappa shape index (κ2) is 14.6. The van der Waals surface area contributed by atoms with E-state index in [4.69, 9.17) is 27.7 Å². The Morgan fingerprint density at radius 2 is 0.967 bits per heavy atom. The number of hydrogen-bond acceptors (Lipinski definition) is 6. The topological polar surface area (TPSA) is 242 Å². The molecule has 0 aromatic heterocycles. The molecule has 0 saturated heterocycles. The number of quaternary nitrogens is 2. The van der Waals surface area contributed by atoms with Gasteiger partial charge in [-0.25, -0.2) is 9.59 Å². The highest BCUT2D eigenvalue weighted by atomic mass is 32.3. The zero-order chi connectivity index (χ0) is 22.4. The van der Waals surface area contributed by atoms with Crippen molar-refractivity contribution in [2.24, 2.45) is 0 Å².